The van der Waals surface area contributed by atoms with Crippen LogP contribution in [0.1, 0.15) is 13.3 Å². The van der Waals surface area contributed by atoms with Crippen LogP contribution in [0.4, 0.5) is 0 Å². The van der Waals surface area contributed by atoms with E-state index in [-0.39, 0.29) is 36.8 Å². The maximum Gasteiger partial charge on any atom is 0.306 e. The molecule has 0 aromatic rings. The molecule has 6 nitrogen and oxygen atoms in total. The van der Waals surface area contributed by atoms with Crippen LogP contribution in [-0.4, -0.2) is 48.9 Å². The van der Waals surface area contributed by atoms with Crippen molar-refractivity contribution in [3.63, 3.8) is 0 Å². The van der Waals surface area contributed by atoms with Crippen LogP contribution in [0.2, 0.25) is 0 Å². The Hall–Kier alpha value is -1.43. The lowest BCUT2D eigenvalue weighted by molar-refractivity contribution is -0.144. The van der Waals surface area contributed by atoms with Crippen molar-refractivity contribution in [3.05, 3.63) is 0 Å². The van der Waals surface area contributed by atoms with Crippen molar-refractivity contribution in [2.45, 2.75) is 19.4 Å². The Morgan fingerprint density at radius 3 is 2.87 bits per heavy atom. The fraction of sp³-hybridized carbons (Fsp3) is 0.667. The van der Waals surface area contributed by atoms with Gasteiger partial charge in [-0.2, -0.15) is 0 Å². The number of esters is 1. The molecule has 1 fully saturated rings. The highest BCUT2D eigenvalue weighted by Gasteiger charge is 2.29. The Labute approximate surface area is 87.6 Å². The van der Waals surface area contributed by atoms with Gasteiger partial charge in [-0.3, -0.25) is 24.6 Å². The zero-order valence-corrected chi connectivity index (χ0v) is 8.78. The number of methoxy groups -OCH3 is 1. The third-order valence-electron chi connectivity index (χ3n) is 2.37. The molecule has 0 aliphatic carbocycles. The second-order valence-electron chi connectivity index (χ2n) is 3.39. The molecule has 0 radical (unpaired) electrons. The lowest BCUT2D eigenvalue weighted by Crippen LogP contribution is -2.57. The van der Waals surface area contributed by atoms with Gasteiger partial charge in [-0.05, 0) is 6.92 Å². The predicted molar refractivity (Wildman–Crippen MR) is 50.8 cm³/mol. The predicted octanol–water partition coefficient (Wildman–Crippen LogP) is -1.10. The summed E-state index contributed by atoms with van der Waals surface area (Å²) in [6, 6.07) is -0.382. The van der Waals surface area contributed by atoms with Gasteiger partial charge in [-0.15, -0.1) is 0 Å². The molecule has 1 heterocycles. The van der Waals surface area contributed by atoms with E-state index in [1.807, 2.05) is 0 Å². The minimum atomic E-state index is -0.382. The minimum absolute atomic E-state index is 0.143. The largest absolute Gasteiger partial charge is 0.469 e. The average Bonchev–Trinajstić information content (AvgIpc) is 2.20. The van der Waals surface area contributed by atoms with Gasteiger partial charge in [0.15, 0.2) is 0 Å². The number of amides is 2. The molecule has 1 aliphatic heterocycles. The number of carbonyl (C=O) groups excluding carboxylic acids is 3. The van der Waals surface area contributed by atoms with E-state index < -0.39 is 0 Å². The smallest absolute Gasteiger partial charge is 0.306 e. The molecule has 84 valence electrons. The summed E-state index contributed by atoms with van der Waals surface area (Å²) in [5.74, 6) is -1.00. The number of rotatable bonds is 3. The SMILES string of the molecule is COC(=O)CCN1CC(=O)NC(=O)C1C. The molecule has 0 saturated carbocycles. The molecular formula is C9H14N2O4. The van der Waals surface area contributed by atoms with Gasteiger partial charge in [0.1, 0.15) is 0 Å². The van der Waals surface area contributed by atoms with Crippen molar-refractivity contribution >= 4 is 17.8 Å². The molecule has 0 aromatic heterocycles. The molecule has 0 bridgehead atoms. The maximum atomic E-state index is 11.2. The molecule has 6 heteroatoms. The summed E-state index contributed by atoms with van der Waals surface area (Å²) in [7, 11) is 1.31. The van der Waals surface area contributed by atoms with E-state index in [1.54, 1.807) is 11.8 Å². The van der Waals surface area contributed by atoms with Crippen molar-refractivity contribution < 1.29 is 19.1 Å². The molecule has 1 saturated heterocycles. The highest BCUT2D eigenvalue weighted by atomic mass is 16.5. The summed E-state index contributed by atoms with van der Waals surface area (Å²) in [5.41, 5.74) is 0. The van der Waals surface area contributed by atoms with Crippen LogP contribution < -0.4 is 5.32 Å². The summed E-state index contributed by atoms with van der Waals surface area (Å²) >= 11 is 0. The van der Waals surface area contributed by atoms with E-state index >= 15 is 0 Å². The summed E-state index contributed by atoms with van der Waals surface area (Å²) in [5, 5.41) is 2.22. The maximum absolute atomic E-state index is 11.2. The van der Waals surface area contributed by atoms with E-state index in [4.69, 9.17) is 0 Å². The third-order valence-corrected chi connectivity index (χ3v) is 2.37. The highest BCUT2D eigenvalue weighted by Crippen LogP contribution is 2.05. The summed E-state index contributed by atoms with van der Waals surface area (Å²) in [6.45, 7) is 2.19. The first kappa shape index (κ1) is 11.6. The van der Waals surface area contributed by atoms with Gasteiger partial charge in [0, 0.05) is 6.54 Å². The van der Waals surface area contributed by atoms with Crippen LogP contribution in [0.3, 0.4) is 0 Å². The number of nitrogens with zero attached hydrogens (tertiary/aromatic N) is 1. The molecule has 1 unspecified atom stereocenters. The fourth-order valence-electron chi connectivity index (χ4n) is 1.38. The molecule has 2 amide bonds. The Morgan fingerprint density at radius 2 is 2.27 bits per heavy atom. The first-order chi connectivity index (χ1) is 7.04. The lowest BCUT2D eigenvalue weighted by atomic mass is 10.2. The van der Waals surface area contributed by atoms with E-state index in [9.17, 15) is 14.4 Å². The summed E-state index contributed by atoms with van der Waals surface area (Å²) < 4.78 is 4.48. The van der Waals surface area contributed by atoms with Gasteiger partial charge in [0.25, 0.3) is 0 Å². The van der Waals surface area contributed by atoms with Crippen LogP contribution in [0.15, 0.2) is 0 Å². The van der Waals surface area contributed by atoms with Crippen LogP contribution in [0.25, 0.3) is 0 Å². The van der Waals surface area contributed by atoms with E-state index in [0.29, 0.717) is 6.54 Å². The number of nitrogens with one attached hydrogen (secondary N) is 1. The van der Waals surface area contributed by atoms with Gasteiger partial charge in [0.2, 0.25) is 11.8 Å². The number of hydrogen-bond donors (Lipinski definition) is 1. The minimum Gasteiger partial charge on any atom is -0.469 e. The van der Waals surface area contributed by atoms with Gasteiger partial charge in [0.05, 0.1) is 26.1 Å². The summed E-state index contributed by atoms with van der Waals surface area (Å²) in [4.78, 5) is 34.8. The molecule has 1 N–H and O–H groups in total. The van der Waals surface area contributed by atoms with Crippen molar-refractivity contribution in [1.29, 1.82) is 0 Å². The Bertz CT molecular complexity index is 290. The van der Waals surface area contributed by atoms with Crippen molar-refractivity contribution in [2.75, 3.05) is 20.2 Å². The number of imide groups is 1. The number of hydrogen-bond acceptors (Lipinski definition) is 5. The second-order valence-corrected chi connectivity index (χ2v) is 3.39. The zero-order chi connectivity index (χ0) is 11.4. The lowest BCUT2D eigenvalue weighted by Gasteiger charge is -2.30. The Morgan fingerprint density at radius 1 is 1.60 bits per heavy atom. The first-order valence-corrected chi connectivity index (χ1v) is 4.69. The Balaban J connectivity index is 2.49. The van der Waals surface area contributed by atoms with Crippen LogP contribution in [0, 0.1) is 0 Å². The molecular weight excluding hydrogens is 200 g/mol. The molecule has 15 heavy (non-hydrogen) atoms. The van der Waals surface area contributed by atoms with Crippen molar-refractivity contribution in [2.24, 2.45) is 0 Å². The van der Waals surface area contributed by atoms with Crippen LogP contribution >= 0.6 is 0 Å². The Kier molecular flexibility index (Phi) is 3.79. The molecule has 0 spiro atoms. The molecule has 0 aromatic carbocycles. The van der Waals surface area contributed by atoms with Crippen LogP contribution in [-0.2, 0) is 19.1 Å². The first-order valence-electron chi connectivity index (χ1n) is 4.69. The monoisotopic (exact) mass is 214 g/mol. The van der Waals surface area contributed by atoms with Crippen molar-refractivity contribution in [1.82, 2.24) is 10.2 Å². The quantitative estimate of drug-likeness (QED) is 0.476. The standard InChI is InChI=1S/C9H14N2O4/c1-6-9(14)10-7(12)5-11(6)4-3-8(13)15-2/h6H,3-5H2,1-2H3,(H,10,12,14). The number of ether oxygens (including phenoxy) is 1. The second kappa shape index (κ2) is 4.88. The normalized spacial score (nSPS) is 22.4. The topological polar surface area (TPSA) is 75.7 Å². The van der Waals surface area contributed by atoms with E-state index in [1.165, 1.54) is 7.11 Å². The van der Waals surface area contributed by atoms with Crippen molar-refractivity contribution in [3.8, 4) is 0 Å². The molecule has 1 aliphatic rings. The third kappa shape index (κ3) is 3.02. The van der Waals surface area contributed by atoms with Gasteiger partial charge >= 0.3 is 5.97 Å². The van der Waals surface area contributed by atoms with Gasteiger partial charge in [-0.25, -0.2) is 0 Å². The molecule has 1 rings (SSSR count). The highest BCUT2D eigenvalue weighted by molar-refractivity contribution is 6.00. The van der Waals surface area contributed by atoms with Crippen LogP contribution in [0.5, 0.6) is 0 Å². The fourth-order valence-corrected chi connectivity index (χ4v) is 1.38. The van der Waals surface area contributed by atoms with Gasteiger partial charge < -0.3 is 4.74 Å². The number of piperazine rings is 1. The van der Waals surface area contributed by atoms with Gasteiger partial charge in [-0.1, -0.05) is 0 Å². The average molecular weight is 214 g/mol. The van der Waals surface area contributed by atoms with E-state index in [2.05, 4.69) is 10.1 Å². The van der Waals surface area contributed by atoms with E-state index in [0.717, 1.165) is 0 Å². The summed E-state index contributed by atoms with van der Waals surface area (Å²) in [6.07, 6.45) is 0.182. The zero-order valence-electron chi connectivity index (χ0n) is 8.78. The number of carbonyl (C=O) groups is 3. The molecule has 1 atom stereocenters.